The third kappa shape index (κ3) is 3.41. The van der Waals surface area contributed by atoms with Crippen molar-refractivity contribution < 1.29 is 4.79 Å². The second kappa shape index (κ2) is 7.49. The lowest BCUT2D eigenvalue weighted by molar-refractivity contribution is 0.0718. The van der Waals surface area contributed by atoms with Crippen LogP contribution in [-0.4, -0.2) is 48.6 Å². The van der Waals surface area contributed by atoms with Gasteiger partial charge in [-0.25, -0.2) is 0 Å². The van der Waals surface area contributed by atoms with E-state index in [-0.39, 0.29) is 17.4 Å². The molecule has 0 radical (unpaired) electrons. The van der Waals surface area contributed by atoms with E-state index in [0.29, 0.717) is 29.9 Å². The first-order chi connectivity index (χ1) is 14.6. The summed E-state index contributed by atoms with van der Waals surface area (Å²) in [6, 6.07) is 10.7. The van der Waals surface area contributed by atoms with Crippen LogP contribution < -0.4 is 5.43 Å². The maximum absolute atomic E-state index is 13.2. The van der Waals surface area contributed by atoms with Crippen molar-refractivity contribution in [3.63, 3.8) is 0 Å². The molecule has 8 nitrogen and oxygen atoms in total. The number of tetrazole rings is 1. The summed E-state index contributed by atoms with van der Waals surface area (Å²) in [5.74, 6) is 0.530. The summed E-state index contributed by atoms with van der Waals surface area (Å²) in [5, 5.41) is 15.3. The maximum Gasteiger partial charge on any atom is 0.254 e. The Kier molecular flexibility index (Phi) is 4.66. The van der Waals surface area contributed by atoms with Crippen molar-refractivity contribution in [3.8, 4) is 10.7 Å². The van der Waals surface area contributed by atoms with Crippen molar-refractivity contribution in [1.29, 1.82) is 0 Å². The molecule has 1 fully saturated rings. The number of aryl methyl sites for hydroxylation is 1. The van der Waals surface area contributed by atoms with E-state index < -0.39 is 0 Å². The number of pyridine rings is 1. The molecule has 4 aromatic rings. The van der Waals surface area contributed by atoms with Gasteiger partial charge in [-0.1, -0.05) is 6.07 Å². The Labute approximate surface area is 176 Å². The van der Waals surface area contributed by atoms with E-state index in [2.05, 4.69) is 20.4 Å². The lowest BCUT2D eigenvalue weighted by Crippen LogP contribution is -2.38. The van der Waals surface area contributed by atoms with Gasteiger partial charge in [0, 0.05) is 34.8 Å². The third-order valence-electron chi connectivity index (χ3n) is 5.42. The Bertz CT molecular complexity index is 1280. The van der Waals surface area contributed by atoms with Gasteiger partial charge in [0.2, 0.25) is 5.82 Å². The first-order valence-electron chi connectivity index (χ1n) is 9.85. The molecular formula is C21H20N6O2S. The van der Waals surface area contributed by atoms with Crippen LogP contribution in [0.1, 0.15) is 28.9 Å². The number of nitrogens with one attached hydrogen (secondary N) is 1. The number of hydrogen-bond donors (Lipinski definition) is 1. The van der Waals surface area contributed by atoms with Gasteiger partial charge in [-0.3, -0.25) is 9.59 Å². The number of carbonyl (C=O) groups excluding carboxylic acids is 1. The van der Waals surface area contributed by atoms with Crippen LogP contribution in [0.25, 0.3) is 21.6 Å². The standard InChI is InChI=1S/C21H20N6O2S/c1-13-10-18(28)16-11-14(6-7-17(16)22-13)21(29)26-8-2-4-15(26)12-27-24-20(23-25-27)19-5-3-9-30-19/h3,5-7,9-11,15H,2,4,8,12H2,1H3,(H,22,28). The summed E-state index contributed by atoms with van der Waals surface area (Å²) >= 11 is 1.57. The Morgan fingerprint density at radius 3 is 3.03 bits per heavy atom. The molecule has 4 heterocycles. The van der Waals surface area contributed by atoms with Crippen molar-refractivity contribution in [2.24, 2.45) is 0 Å². The first-order valence-corrected chi connectivity index (χ1v) is 10.7. The Morgan fingerprint density at radius 2 is 2.20 bits per heavy atom. The van der Waals surface area contributed by atoms with Crippen molar-refractivity contribution in [2.45, 2.75) is 32.4 Å². The molecule has 1 amide bonds. The van der Waals surface area contributed by atoms with Crippen LogP contribution in [0.4, 0.5) is 0 Å². The van der Waals surface area contributed by atoms with Gasteiger partial charge in [-0.15, -0.1) is 21.5 Å². The highest BCUT2D eigenvalue weighted by Gasteiger charge is 2.30. The van der Waals surface area contributed by atoms with Crippen molar-refractivity contribution in [3.05, 3.63) is 63.3 Å². The van der Waals surface area contributed by atoms with E-state index in [9.17, 15) is 9.59 Å². The summed E-state index contributed by atoms with van der Waals surface area (Å²) in [6.07, 6.45) is 1.81. The van der Waals surface area contributed by atoms with Crippen LogP contribution in [0.15, 0.2) is 46.6 Å². The second-order valence-corrected chi connectivity index (χ2v) is 8.46. The van der Waals surface area contributed by atoms with Gasteiger partial charge in [-0.05, 0) is 54.6 Å². The maximum atomic E-state index is 13.2. The highest BCUT2D eigenvalue weighted by Crippen LogP contribution is 2.23. The lowest BCUT2D eigenvalue weighted by atomic mass is 10.1. The fourth-order valence-electron chi connectivity index (χ4n) is 3.99. The van der Waals surface area contributed by atoms with E-state index in [1.54, 1.807) is 40.4 Å². The van der Waals surface area contributed by atoms with Crippen LogP contribution >= 0.6 is 11.3 Å². The Balaban J connectivity index is 1.38. The van der Waals surface area contributed by atoms with E-state index >= 15 is 0 Å². The summed E-state index contributed by atoms with van der Waals surface area (Å²) in [6.45, 7) is 3.02. The van der Waals surface area contributed by atoms with E-state index in [0.717, 1.165) is 28.9 Å². The van der Waals surface area contributed by atoms with E-state index in [1.165, 1.54) is 0 Å². The molecule has 0 spiro atoms. The molecule has 1 aliphatic rings. The van der Waals surface area contributed by atoms with Crippen LogP contribution in [0.3, 0.4) is 0 Å². The van der Waals surface area contributed by atoms with E-state index in [4.69, 9.17) is 0 Å². The molecule has 0 aliphatic carbocycles. The second-order valence-electron chi connectivity index (χ2n) is 7.52. The number of aromatic nitrogens is 5. The minimum Gasteiger partial charge on any atom is -0.358 e. The number of thiophene rings is 1. The van der Waals surface area contributed by atoms with Crippen LogP contribution in [0.5, 0.6) is 0 Å². The Morgan fingerprint density at radius 1 is 1.30 bits per heavy atom. The zero-order valence-corrected chi connectivity index (χ0v) is 17.2. The number of rotatable bonds is 4. The van der Waals surface area contributed by atoms with Gasteiger partial charge in [0.1, 0.15) is 0 Å². The molecule has 1 N–H and O–H groups in total. The number of aromatic amines is 1. The third-order valence-corrected chi connectivity index (χ3v) is 6.28. The van der Waals surface area contributed by atoms with Crippen LogP contribution in [0.2, 0.25) is 0 Å². The number of H-pyrrole nitrogens is 1. The zero-order valence-electron chi connectivity index (χ0n) is 16.4. The molecule has 1 saturated heterocycles. The number of carbonyl (C=O) groups is 1. The predicted molar refractivity (Wildman–Crippen MR) is 114 cm³/mol. The van der Waals surface area contributed by atoms with E-state index in [1.807, 2.05) is 29.3 Å². The van der Waals surface area contributed by atoms with Crippen molar-refractivity contribution in [2.75, 3.05) is 6.54 Å². The molecule has 9 heteroatoms. The minimum atomic E-state index is -0.0817. The molecule has 3 aromatic heterocycles. The number of amides is 1. The number of benzene rings is 1. The monoisotopic (exact) mass is 420 g/mol. The number of nitrogens with zero attached hydrogens (tertiary/aromatic N) is 5. The summed E-state index contributed by atoms with van der Waals surface area (Å²) in [7, 11) is 0. The summed E-state index contributed by atoms with van der Waals surface area (Å²) in [4.78, 5) is 33.1. The van der Waals surface area contributed by atoms with Gasteiger partial charge in [0.05, 0.1) is 17.5 Å². The smallest absolute Gasteiger partial charge is 0.254 e. The first kappa shape index (κ1) is 18.7. The van der Waals surface area contributed by atoms with Gasteiger partial charge in [0.25, 0.3) is 5.91 Å². The summed E-state index contributed by atoms with van der Waals surface area (Å²) < 4.78 is 0. The van der Waals surface area contributed by atoms with Crippen molar-refractivity contribution >= 4 is 28.1 Å². The quantitative estimate of drug-likeness (QED) is 0.548. The normalized spacial score (nSPS) is 16.4. The van der Waals surface area contributed by atoms with Gasteiger partial charge < -0.3 is 9.88 Å². The molecule has 152 valence electrons. The molecule has 5 rings (SSSR count). The topological polar surface area (TPSA) is 96.8 Å². The fraction of sp³-hybridized carbons (Fsp3) is 0.286. The molecular weight excluding hydrogens is 400 g/mol. The van der Waals surface area contributed by atoms with Crippen LogP contribution in [-0.2, 0) is 6.54 Å². The fourth-order valence-corrected chi connectivity index (χ4v) is 4.63. The summed E-state index contributed by atoms with van der Waals surface area (Å²) in [5.41, 5.74) is 1.98. The zero-order chi connectivity index (χ0) is 20.7. The molecule has 0 bridgehead atoms. The average Bonchev–Trinajstić information content (AvgIpc) is 3.49. The minimum absolute atomic E-state index is 0.00474. The Hall–Kier alpha value is -3.33. The molecule has 1 unspecified atom stereocenters. The molecule has 1 aliphatic heterocycles. The number of hydrogen-bond acceptors (Lipinski definition) is 6. The van der Waals surface area contributed by atoms with Crippen molar-refractivity contribution in [1.82, 2.24) is 30.1 Å². The van der Waals surface area contributed by atoms with Gasteiger partial charge in [-0.2, -0.15) is 4.80 Å². The van der Waals surface area contributed by atoms with Gasteiger partial charge in [0.15, 0.2) is 5.43 Å². The highest BCUT2D eigenvalue weighted by molar-refractivity contribution is 7.13. The molecule has 1 atom stereocenters. The molecule has 1 aromatic carbocycles. The lowest BCUT2D eigenvalue weighted by Gasteiger charge is -2.24. The SMILES string of the molecule is Cc1cc(=O)c2cc(C(=O)N3CCCC3Cn3nnc(-c4cccs4)n3)ccc2[nH]1. The highest BCUT2D eigenvalue weighted by atomic mass is 32.1. The molecule has 30 heavy (non-hydrogen) atoms. The largest absolute Gasteiger partial charge is 0.358 e. The van der Waals surface area contributed by atoms with Crippen LogP contribution in [0, 0.1) is 6.92 Å². The molecule has 0 saturated carbocycles. The number of fused-ring (bicyclic) bond motifs is 1. The average molecular weight is 420 g/mol. The predicted octanol–water partition coefficient (Wildman–Crippen LogP) is 2.86. The number of likely N-dealkylation sites (tertiary alicyclic amines) is 1. The van der Waals surface area contributed by atoms with Gasteiger partial charge >= 0.3 is 0 Å².